The molecule has 3 N–H and O–H groups in total. The molecule has 0 radical (unpaired) electrons. The average molecular weight is 306 g/mol. The lowest BCUT2D eigenvalue weighted by molar-refractivity contribution is 0.172. The van der Waals surface area contributed by atoms with Crippen LogP contribution in [0.25, 0.3) is 0 Å². The van der Waals surface area contributed by atoms with E-state index in [1.165, 1.54) is 12.8 Å². The summed E-state index contributed by atoms with van der Waals surface area (Å²) < 4.78 is 5.56. The number of urea groups is 1. The van der Waals surface area contributed by atoms with E-state index in [1.54, 1.807) is 0 Å². The SMILES string of the molecule is CC(C)Oc1ccc(C(O)CNC(=O)NC2CCCC2)cc1. The highest BCUT2D eigenvalue weighted by atomic mass is 16.5. The number of rotatable bonds is 6. The Morgan fingerprint density at radius 2 is 1.91 bits per heavy atom. The first-order valence-electron chi connectivity index (χ1n) is 8.03. The number of carbonyl (C=O) groups excluding carboxylic acids is 1. The maximum Gasteiger partial charge on any atom is 0.315 e. The predicted octanol–water partition coefficient (Wildman–Crippen LogP) is 2.75. The van der Waals surface area contributed by atoms with Crippen LogP contribution in [0.3, 0.4) is 0 Å². The van der Waals surface area contributed by atoms with Crippen molar-refractivity contribution in [3.8, 4) is 5.75 Å². The predicted molar refractivity (Wildman–Crippen MR) is 86.0 cm³/mol. The summed E-state index contributed by atoms with van der Waals surface area (Å²) in [6.07, 6.45) is 3.86. The Morgan fingerprint density at radius 1 is 1.27 bits per heavy atom. The smallest absolute Gasteiger partial charge is 0.315 e. The molecule has 1 aromatic carbocycles. The highest BCUT2D eigenvalue weighted by Crippen LogP contribution is 2.19. The molecule has 0 aromatic heterocycles. The Labute approximate surface area is 132 Å². The Balaban J connectivity index is 1.76. The third kappa shape index (κ3) is 5.22. The number of hydrogen-bond acceptors (Lipinski definition) is 3. The lowest BCUT2D eigenvalue weighted by Crippen LogP contribution is -2.42. The van der Waals surface area contributed by atoms with Gasteiger partial charge in [-0.25, -0.2) is 4.79 Å². The highest BCUT2D eigenvalue weighted by Gasteiger charge is 2.17. The van der Waals surface area contributed by atoms with Crippen molar-refractivity contribution in [2.45, 2.75) is 57.8 Å². The molecule has 0 spiro atoms. The fraction of sp³-hybridized carbons (Fsp3) is 0.588. The van der Waals surface area contributed by atoms with Crippen LogP contribution in [-0.4, -0.2) is 29.8 Å². The molecule has 1 aromatic rings. The summed E-state index contributed by atoms with van der Waals surface area (Å²) in [7, 11) is 0. The molecule has 5 nitrogen and oxygen atoms in total. The minimum absolute atomic E-state index is 0.122. The third-order valence-electron chi connectivity index (χ3n) is 3.78. The van der Waals surface area contributed by atoms with Crippen LogP contribution in [0.15, 0.2) is 24.3 Å². The first kappa shape index (κ1) is 16.6. The Hall–Kier alpha value is -1.75. The molecule has 1 saturated carbocycles. The average Bonchev–Trinajstić information content (AvgIpc) is 2.98. The van der Waals surface area contributed by atoms with Gasteiger partial charge in [0.1, 0.15) is 5.75 Å². The van der Waals surface area contributed by atoms with Crippen molar-refractivity contribution in [1.29, 1.82) is 0 Å². The molecule has 2 rings (SSSR count). The van der Waals surface area contributed by atoms with Crippen LogP contribution in [0.1, 0.15) is 51.2 Å². The van der Waals surface area contributed by atoms with E-state index in [2.05, 4.69) is 10.6 Å². The molecular weight excluding hydrogens is 280 g/mol. The molecule has 1 atom stereocenters. The minimum atomic E-state index is -0.720. The molecule has 122 valence electrons. The minimum Gasteiger partial charge on any atom is -0.491 e. The van der Waals surface area contributed by atoms with Gasteiger partial charge < -0.3 is 20.5 Å². The molecule has 1 aliphatic rings. The van der Waals surface area contributed by atoms with E-state index in [4.69, 9.17) is 4.74 Å². The molecule has 5 heteroatoms. The lowest BCUT2D eigenvalue weighted by atomic mass is 10.1. The molecular formula is C17H26N2O3. The van der Waals surface area contributed by atoms with Crippen LogP contribution in [0.5, 0.6) is 5.75 Å². The van der Waals surface area contributed by atoms with Crippen molar-refractivity contribution in [3.05, 3.63) is 29.8 Å². The molecule has 0 saturated heterocycles. The van der Waals surface area contributed by atoms with Crippen LogP contribution in [0, 0.1) is 0 Å². The van der Waals surface area contributed by atoms with Gasteiger partial charge in [-0.2, -0.15) is 0 Å². The summed E-state index contributed by atoms with van der Waals surface area (Å²) in [6.45, 7) is 4.13. The van der Waals surface area contributed by atoms with E-state index in [9.17, 15) is 9.90 Å². The first-order chi connectivity index (χ1) is 10.5. The lowest BCUT2D eigenvalue weighted by Gasteiger charge is -2.16. The number of benzene rings is 1. The van der Waals surface area contributed by atoms with Gasteiger partial charge >= 0.3 is 6.03 Å². The summed E-state index contributed by atoms with van der Waals surface area (Å²) in [5.41, 5.74) is 0.761. The summed E-state index contributed by atoms with van der Waals surface area (Å²) in [6, 6.07) is 7.38. The normalized spacial score (nSPS) is 16.5. The van der Waals surface area contributed by atoms with Gasteiger partial charge in [-0.1, -0.05) is 25.0 Å². The van der Waals surface area contributed by atoms with Gasteiger partial charge in [-0.15, -0.1) is 0 Å². The highest BCUT2D eigenvalue weighted by molar-refractivity contribution is 5.74. The standard InChI is InChI=1S/C17H26N2O3/c1-12(2)22-15-9-7-13(8-10-15)16(20)11-18-17(21)19-14-5-3-4-6-14/h7-10,12,14,16,20H,3-6,11H2,1-2H3,(H2,18,19,21). The van der Waals surface area contributed by atoms with Crippen molar-refractivity contribution in [2.24, 2.45) is 0 Å². The maximum atomic E-state index is 11.8. The van der Waals surface area contributed by atoms with E-state index in [-0.39, 0.29) is 24.7 Å². The van der Waals surface area contributed by atoms with Gasteiger partial charge in [-0.05, 0) is 44.4 Å². The fourth-order valence-electron chi connectivity index (χ4n) is 2.65. The van der Waals surface area contributed by atoms with Gasteiger partial charge in [0.2, 0.25) is 0 Å². The zero-order chi connectivity index (χ0) is 15.9. The second-order valence-electron chi connectivity index (χ2n) is 6.09. The quantitative estimate of drug-likeness (QED) is 0.757. The number of carbonyl (C=O) groups is 1. The van der Waals surface area contributed by atoms with Gasteiger partial charge in [0, 0.05) is 12.6 Å². The number of hydrogen-bond donors (Lipinski definition) is 3. The van der Waals surface area contributed by atoms with E-state index in [0.717, 1.165) is 24.2 Å². The third-order valence-corrected chi connectivity index (χ3v) is 3.78. The second-order valence-corrected chi connectivity index (χ2v) is 6.09. The van der Waals surface area contributed by atoms with Crippen LogP contribution in [0.4, 0.5) is 4.79 Å². The van der Waals surface area contributed by atoms with Crippen molar-refractivity contribution in [3.63, 3.8) is 0 Å². The Kier molecular flexibility index (Phi) is 6.07. The summed E-state index contributed by atoms with van der Waals surface area (Å²) in [5, 5.41) is 15.8. The summed E-state index contributed by atoms with van der Waals surface area (Å²) in [4.78, 5) is 11.8. The first-order valence-corrected chi connectivity index (χ1v) is 8.03. The number of aliphatic hydroxyl groups excluding tert-OH is 1. The van der Waals surface area contributed by atoms with Crippen molar-refractivity contribution >= 4 is 6.03 Å². The molecule has 1 unspecified atom stereocenters. The number of amides is 2. The zero-order valence-corrected chi connectivity index (χ0v) is 13.3. The largest absolute Gasteiger partial charge is 0.491 e. The molecule has 22 heavy (non-hydrogen) atoms. The van der Waals surface area contributed by atoms with E-state index in [0.29, 0.717) is 0 Å². The summed E-state index contributed by atoms with van der Waals surface area (Å²) in [5.74, 6) is 0.776. The van der Waals surface area contributed by atoms with Gasteiger partial charge in [0.05, 0.1) is 12.2 Å². The van der Waals surface area contributed by atoms with Gasteiger partial charge in [-0.3, -0.25) is 0 Å². The Morgan fingerprint density at radius 3 is 2.50 bits per heavy atom. The number of ether oxygens (including phenoxy) is 1. The Bertz CT molecular complexity index is 467. The number of nitrogens with one attached hydrogen (secondary N) is 2. The van der Waals surface area contributed by atoms with Gasteiger partial charge in [0.25, 0.3) is 0 Å². The second kappa shape index (κ2) is 8.03. The van der Waals surface area contributed by atoms with E-state index < -0.39 is 6.10 Å². The van der Waals surface area contributed by atoms with Crippen LogP contribution in [0.2, 0.25) is 0 Å². The zero-order valence-electron chi connectivity index (χ0n) is 13.3. The molecule has 1 fully saturated rings. The molecule has 0 heterocycles. The fourth-order valence-corrected chi connectivity index (χ4v) is 2.65. The monoisotopic (exact) mass is 306 g/mol. The topological polar surface area (TPSA) is 70.6 Å². The maximum absolute atomic E-state index is 11.8. The number of aliphatic hydroxyl groups is 1. The van der Waals surface area contributed by atoms with Crippen molar-refractivity contribution < 1.29 is 14.6 Å². The molecule has 2 amide bonds. The van der Waals surface area contributed by atoms with Crippen LogP contribution >= 0.6 is 0 Å². The molecule has 0 aliphatic heterocycles. The van der Waals surface area contributed by atoms with Crippen molar-refractivity contribution in [2.75, 3.05) is 6.54 Å². The van der Waals surface area contributed by atoms with E-state index >= 15 is 0 Å². The van der Waals surface area contributed by atoms with Crippen molar-refractivity contribution in [1.82, 2.24) is 10.6 Å². The van der Waals surface area contributed by atoms with E-state index in [1.807, 2.05) is 38.1 Å². The molecule has 0 bridgehead atoms. The summed E-state index contributed by atoms with van der Waals surface area (Å²) >= 11 is 0. The van der Waals surface area contributed by atoms with Crippen LogP contribution < -0.4 is 15.4 Å². The van der Waals surface area contributed by atoms with Crippen LogP contribution in [-0.2, 0) is 0 Å². The van der Waals surface area contributed by atoms with Gasteiger partial charge in [0.15, 0.2) is 0 Å². The molecule has 1 aliphatic carbocycles.